The third kappa shape index (κ3) is 4.06. The van der Waals surface area contributed by atoms with Gasteiger partial charge in [-0.25, -0.2) is 0 Å². The third-order valence-corrected chi connectivity index (χ3v) is 10.7. The molecule has 2 saturated carbocycles. The van der Waals surface area contributed by atoms with Gasteiger partial charge in [0.05, 0.1) is 5.56 Å². The summed E-state index contributed by atoms with van der Waals surface area (Å²) in [5, 5.41) is 3.12. The number of hydrogen-bond acceptors (Lipinski definition) is 5. The van der Waals surface area contributed by atoms with Crippen LogP contribution < -0.4 is 10.1 Å². The van der Waals surface area contributed by atoms with E-state index < -0.39 is 6.10 Å². The minimum Gasteiger partial charge on any atom is -0.481 e. The molecule has 42 heavy (non-hydrogen) atoms. The minimum absolute atomic E-state index is 0.132. The zero-order chi connectivity index (χ0) is 28.4. The van der Waals surface area contributed by atoms with Crippen molar-refractivity contribution in [2.75, 3.05) is 19.6 Å². The molecule has 2 aliphatic heterocycles. The van der Waals surface area contributed by atoms with Crippen molar-refractivity contribution in [1.82, 2.24) is 10.2 Å². The summed E-state index contributed by atoms with van der Waals surface area (Å²) < 4.78 is 6.56. The van der Waals surface area contributed by atoms with Gasteiger partial charge in [-0.1, -0.05) is 54.6 Å². The molecule has 214 valence electrons. The molecule has 1 spiro atoms. The Balaban J connectivity index is 0.996. The van der Waals surface area contributed by atoms with Crippen LogP contribution in [0.5, 0.6) is 5.75 Å². The summed E-state index contributed by atoms with van der Waals surface area (Å²) in [7, 11) is 0. The number of carbonyl (C=O) groups is 3. The Morgan fingerprint density at radius 3 is 2.50 bits per heavy atom. The fraction of sp³-hybridized carbons (Fsp3) is 0.417. The van der Waals surface area contributed by atoms with E-state index in [1.54, 1.807) is 0 Å². The molecule has 3 aliphatic carbocycles. The lowest BCUT2D eigenvalue weighted by Crippen LogP contribution is -2.66. The molecule has 6 nitrogen and oxygen atoms in total. The minimum atomic E-state index is -0.446. The monoisotopic (exact) mass is 560 g/mol. The molecule has 3 aromatic carbocycles. The molecule has 5 aliphatic rings. The summed E-state index contributed by atoms with van der Waals surface area (Å²) in [6.45, 7) is 2.72. The second kappa shape index (κ2) is 9.91. The van der Waals surface area contributed by atoms with Crippen LogP contribution in [0.2, 0.25) is 0 Å². The molecule has 1 saturated heterocycles. The Labute approximate surface area is 246 Å². The molecular formula is C36H36N2O4. The van der Waals surface area contributed by atoms with Crippen molar-refractivity contribution in [1.29, 1.82) is 0 Å². The number of amides is 1. The fourth-order valence-electron chi connectivity index (χ4n) is 8.49. The number of nitrogens with zero attached hydrogens (tertiary/aromatic N) is 1. The van der Waals surface area contributed by atoms with Gasteiger partial charge in [0.1, 0.15) is 12.0 Å². The van der Waals surface area contributed by atoms with Crippen LogP contribution in [-0.4, -0.2) is 54.7 Å². The maximum atomic E-state index is 13.5. The van der Waals surface area contributed by atoms with Crippen molar-refractivity contribution in [3.8, 4) is 16.9 Å². The molecule has 3 fully saturated rings. The fourth-order valence-corrected chi connectivity index (χ4v) is 8.49. The number of ether oxygens (including phenoxy) is 1. The number of benzene rings is 3. The van der Waals surface area contributed by atoms with E-state index in [0.717, 1.165) is 54.7 Å². The molecular weight excluding hydrogens is 524 g/mol. The Bertz CT molecular complexity index is 1580. The second-order valence-electron chi connectivity index (χ2n) is 13.0. The van der Waals surface area contributed by atoms with Crippen LogP contribution in [0.4, 0.5) is 0 Å². The van der Waals surface area contributed by atoms with Crippen molar-refractivity contribution >= 4 is 18.0 Å². The zero-order valence-electron chi connectivity index (χ0n) is 23.8. The summed E-state index contributed by atoms with van der Waals surface area (Å²) in [5.74, 6) is 2.02. The second-order valence-corrected chi connectivity index (χ2v) is 13.0. The normalized spacial score (nSPS) is 27.2. The Kier molecular flexibility index (Phi) is 6.11. The highest BCUT2D eigenvalue weighted by atomic mass is 16.5. The number of nitrogens with one attached hydrogen (secondary N) is 1. The van der Waals surface area contributed by atoms with Gasteiger partial charge in [0.15, 0.2) is 11.9 Å². The average molecular weight is 561 g/mol. The summed E-state index contributed by atoms with van der Waals surface area (Å²) in [4.78, 5) is 40.5. The number of hydrogen-bond donors (Lipinski definition) is 1. The molecule has 1 N–H and O–H groups in total. The van der Waals surface area contributed by atoms with Crippen LogP contribution in [0.1, 0.15) is 69.5 Å². The van der Waals surface area contributed by atoms with Gasteiger partial charge in [-0.05, 0) is 85.2 Å². The third-order valence-electron chi connectivity index (χ3n) is 10.7. The number of ketones is 1. The first kappa shape index (κ1) is 25.9. The first-order valence-corrected chi connectivity index (χ1v) is 15.6. The summed E-state index contributed by atoms with van der Waals surface area (Å²) in [5.41, 5.74) is 6.70. The highest BCUT2D eigenvalue weighted by Crippen LogP contribution is 2.62. The van der Waals surface area contributed by atoms with Gasteiger partial charge in [0.2, 0.25) is 0 Å². The van der Waals surface area contributed by atoms with E-state index in [9.17, 15) is 14.4 Å². The van der Waals surface area contributed by atoms with Crippen molar-refractivity contribution in [3.05, 3.63) is 88.5 Å². The molecule has 1 amide bonds. The first-order valence-electron chi connectivity index (χ1n) is 15.6. The number of rotatable bonds is 8. The number of piperidine rings is 1. The van der Waals surface area contributed by atoms with E-state index >= 15 is 0 Å². The van der Waals surface area contributed by atoms with Crippen molar-refractivity contribution in [2.45, 2.75) is 62.5 Å². The number of aldehydes is 1. The van der Waals surface area contributed by atoms with Crippen LogP contribution in [0.25, 0.3) is 11.1 Å². The van der Waals surface area contributed by atoms with E-state index in [4.69, 9.17) is 4.74 Å². The quantitative estimate of drug-likeness (QED) is 0.386. The number of Topliss-reactive ketones (excluding diaryl/α,β-unsaturated/α-hetero) is 1. The lowest BCUT2D eigenvalue weighted by molar-refractivity contribution is -0.138. The van der Waals surface area contributed by atoms with Crippen LogP contribution >= 0.6 is 0 Å². The molecule has 8 rings (SSSR count). The lowest BCUT2D eigenvalue weighted by Gasteiger charge is -2.57. The first-order chi connectivity index (χ1) is 20.5. The molecule has 4 atom stereocenters. The van der Waals surface area contributed by atoms with Crippen LogP contribution in [-0.2, 0) is 23.1 Å². The van der Waals surface area contributed by atoms with Crippen LogP contribution in [0, 0.1) is 11.8 Å². The average Bonchev–Trinajstić information content (AvgIpc) is 3.77. The van der Waals surface area contributed by atoms with E-state index in [1.165, 1.54) is 30.5 Å². The van der Waals surface area contributed by atoms with Crippen molar-refractivity contribution in [3.63, 3.8) is 0 Å². The topological polar surface area (TPSA) is 75.7 Å². The number of carbonyl (C=O) groups excluding carboxylic acids is 3. The highest BCUT2D eigenvalue weighted by molar-refractivity contribution is 5.99. The van der Waals surface area contributed by atoms with Gasteiger partial charge in [-0.3, -0.25) is 19.3 Å². The lowest BCUT2D eigenvalue weighted by atomic mass is 9.51. The molecule has 3 aromatic rings. The largest absolute Gasteiger partial charge is 0.481 e. The van der Waals surface area contributed by atoms with Gasteiger partial charge in [-0.2, -0.15) is 0 Å². The summed E-state index contributed by atoms with van der Waals surface area (Å²) in [6, 6.07) is 20.4. The van der Waals surface area contributed by atoms with Crippen molar-refractivity contribution < 1.29 is 19.1 Å². The molecule has 2 bridgehead atoms. The van der Waals surface area contributed by atoms with Crippen LogP contribution in [0.3, 0.4) is 0 Å². The molecule has 0 aromatic heterocycles. The van der Waals surface area contributed by atoms with Crippen LogP contribution in [0.15, 0.2) is 60.7 Å². The number of likely N-dealkylation sites (tertiary alicyclic amines) is 1. The summed E-state index contributed by atoms with van der Waals surface area (Å²) in [6.07, 6.45) is 7.27. The Morgan fingerprint density at radius 2 is 1.76 bits per heavy atom. The smallest absolute Gasteiger partial charge is 0.255 e. The Morgan fingerprint density at radius 1 is 1.00 bits per heavy atom. The zero-order valence-corrected chi connectivity index (χ0v) is 23.8. The van der Waals surface area contributed by atoms with Gasteiger partial charge in [0, 0.05) is 42.1 Å². The van der Waals surface area contributed by atoms with Crippen molar-refractivity contribution in [2.24, 2.45) is 11.8 Å². The highest BCUT2D eigenvalue weighted by Gasteiger charge is 2.66. The van der Waals surface area contributed by atoms with E-state index in [2.05, 4.69) is 40.5 Å². The SMILES string of the molecule is O=Cc1ccc(-c2ccc(CCNC(=O)c3ccc4c5c3OC3C(=O)CCC6C(C4)N(CC4CC4)CCC536)cc2)cc1. The van der Waals surface area contributed by atoms with E-state index in [0.29, 0.717) is 48.2 Å². The standard InChI is InChI=1S/C36H36N2O4/c39-21-24-5-9-26(10-6-24)25-7-3-22(4-8-25)15-17-37-35(41)28-12-11-27-19-30-29-13-14-31(40)34-36(29,32(27)33(28)42-34)16-18-38(30)20-23-1-2-23/h3-12,21,23,29-30,34H,1-2,13-20H2,(H,37,41). The molecule has 2 heterocycles. The van der Waals surface area contributed by atoms with Gasteiger partial charge in [0.25, 0.3) is 5.91 Å². The van der Waals surface area contributed by atoms with Gasteiger partial charge >= 0.3 is 0 Å². The predicted molar refractivity (Wildman–Crippen MR) is 160 cm³/mol. The molecule has 4 unspecified atom stereocenters. The predicted octanol–water partition coefficient (Wildman–Crippen LogP) is 5.16. The van der Waals surface area contributed by atoms with E-state index in [1.807, 2.05) is 30.3 Å². The Hall–Kier alpha value is -3.77. The van der Waals surface area contributed by atoms with Gasteiger partial charge in [-0.15, -0.1) is 0 Å². The maximum absolute atomic E-state index is 13.5. The molecule has 0 radical (unpaired) electrons. The summed E-state index contributed by atoms with van der Waals surface area (Å²) >= 11 is 0. The molecule has 6 heteroatoms. The van der Waals surface area contributed by atoms with E-state index in [-0.39, 0.29) is 17.1 Å². The van der Waals surface area contributed by atoms with Gasteiger partial charge < -0.3 is 10.1 Å². The maximum Gasteiger partial charge on any atom is 0.255 e.